The van der Waals surface area contributed by atoms with Gasteiger partial charge in [0, 0.05) is 6.07 Å². The van der Waals surface area contributed by atoms with Crippen molar-refractivity contribution in [1.29, 1.82) is 0 Å². The molecular formula is C21H21N3O. The summed E-state index contributed by atoms with van der Waals surface area (Å²) in [5, 5.41) is 7.45. The lowest BCUT2D eigenvalue weighted by Crippen LogP contribution is -2.29. The zero-order valence-corrected chi connectivity index (χ0v) is 14.3. The molecule has 4 nitrogen and oxygen atoms in total. The maximum atomic E-state index is 12.9. The van der Waals surface area contributed by atoms with Crippen molar-refractivity contribution in [3.8, 4) is 0 Å². The number of carbonyl (C=O) groups excluding carboxylic acids is 1. The monoisotopic (exact) mass is 331 g/mol. The molecule has 1 fully saturated rings. The molecular weight excluding hydrogens is 310 g/mol. The number of hydrogen-bond acceptors (Lipinski definition) is 2. The molecule has 1 saturated carbocycles. The second-order valence-electron chi connectivity index (χ2n) is 6.76. The van der Waals surface area contributed by atoms with Crippen molar-refractivity contribution in [2.75, 3.05) is 5.32 Å². The number of nitrogens with zero attached hydrogens (tertiary/aromatic N) is 2. The summed E-state index contributed by atoms with van der Waals surface area (Å²) in [5.41, 5.74) is 3.11. The summed E-state index contributed by atoms with van der Waals surface area (Å²) in [4.78, 5) is 12.9. The fourth-order valence-corrected chi connectivity index (χ4v) is 3.20. The van der Waals surface area contributed by atoms with Crippen LogP contribution in [0.2, 0.25) is 0 Å². The van der Waals surface area contributed by atoms with Crippen LogP contribution in [0.5, 0.6) is 0 Å². The lowest BCUT2D eigenvalue weighted by Gasteiger charge is -2.16. The van der Waals surface area contributed by atoms with Crippen molar-refractivity contribution < 1.29 is 4.79 Å². The third-order valence-corrected chi connectivity index (χ3v) is 4.92. The van der Waals surface area contributed by atoms with Crippen molar-refractivity contribution in [1.82, 2.24) is 9.78 Å². The number of aryl methyl sites for hydroxylation is 1. The van der Waals surface area contributed by atoms with Gasteiger partial charge in [-0.25, -0.2) is 4.68 Å². The van der Waals surface area contributed by atoms with Gasteiger partial charge in [0.1, 0.15) is 5.82 Å². The molecule has 1 amide bonds. The van der Waals surface area contributed by atoms with Gasteiger partial charge in [0.2, 0.25) is 5.91 Å². The molecule has 1 aromatic heterocycles. The Balaban J connectivity index is 1.51. The maximum Gasteiger partial charge on any atom is 0.236 e. The molecule has 0 aliphatic heterocycles. The van der Waals surface area contributed by atoms with Gasteiger partial charge in [-0.1, -0.05) is 60.2 Å². The van der Waals surface area contributed by atoms with Crippen LogP contribution < -0.4 is 5.32 Å². The fourth-order valence-electron chi connectivity index (χ4n) is 3.20. The summed E-state index contributed by atoms with van der Waals surface area (Å²) >= 11 is 0. The highest BCUT2D eigenvalue weighted by Gasteiger charge is 2.51. The Morgan fingerprint density at radius 3 is 2.48 bits per heavy atom. The Hall–Kier alpha value is -2.88. The maximum absolute atomic E-state index is 12.9. The van der Waals surface area contributed by atoms with E-state index in [4.69, 9.17) is 0 Å². The molecule has 1 heterocycles. The van der Waals surface area contributed by atoms with Gasteiger partial charge in [0.05, 0.1) is 18.2 Å². The first-order valence-electron chi connectivity index (χ1n) is 8.62. The van der Waals surface area contributed by atoms with E-state index in [1.807, 2.05) is 41.1 Å². The average Bonchev–Trinajstić information content (AvgIpc) is 3.35. The zero-order chi connectivity index (χ0) is 17.3. The van der Waals surface area contributed by atoms with Crippen LogP contribution in [0.1, 0.15) is 29.5 Å². The third kappa shape index (κ3) is 3.07. The highest BCUT2D eigenvalue weighted by molar-refractivity contribution is 6.00. The van der Waals surface area contributed by atoms with Crippen molar-refractivity contribution in [3.05, 3.63) is 83.6 Å². The van der Waals surface area contributed by atoms with E-state index in [-0.39, 0.29) is 11.3 Å². The molecule has 126 valence electrons. The van der Waals surface area contributed by atoms with Crippen LogP contribution in [0.15, 0.2) is 66.9 Å². The number of hydrogen-bond donors (Lipinski definition) is 1. The van der Waals surface area contributed by atoms with Gasteiger partial charge in [-0.3, -0.25) is 4.79 Å². The molecule has 1 aliphatic carbocycles. The lowest BCUT2D eigenvalue weighted by molar-refractivity contribution is -0.118. The second-order valence-corrected chi connectivity index (χ2v) is 6.76. The molecule has 25 heavy (non-hydrogen) atoms. The van der Waals surface area contributed by atoms with Gasteiger partial charge in [-0.15, -0.1) is 0 Å². The van der Waals surface area contributed by atoms with Gasteiger partial charge < -0.3 is 5.32 Å². The molecule has 4 heteroatoms. The van der Waals surface area contributed by atoms with Crippen molar-refractivity contribution in [2.24, 2.45) is 0 Å². The Morgan fingerprint density at radius 2 is 1.80 bits per heavy atom. The predicted molar refractivity (Wildman–Crippen MR) is 98.5 cm³/mol. The third-order valence-electron chi connectivity index (χ3n) is 4.92. The van der Waals surface area contributed by atoms with E-state index >= 15 is 0 Å². The van der Waals surface area contributed by atoms with Crippen LogP contribution in [0, 0.1) is 6.92 Å². The molecule has 3 aromatic rings. The molecule has 2 aromatic carbocycles. The summed E-state index contributed by atoms with van der Waals surface area (Å²) in [6.07, 6.45) is 3.52. The number of rotatable bonds is 5. The SMILES string of the molecule is Cc1ccc(Cn2nccc2NC(=O)C2(c3ccccc3)CC2)cc1. The number of benzene rings is 2. The molecule has 0 bridgehead atoms. The van der Waals surface area contributed by atoms with Crippen LogP contribution >= 0.6 is 0 Å². The van der Waals surface area contributed by atoms with E-state index in [1.54, 1.807) is 6.20 Å². The van der Waals surface area contributed by atoms with E-state index in [1.165, 1.54) is 5.56 Å². The van der Waals surface area contributed by atoms with Crippen molar-refractivity contribution in [2.45, 2.75) is 31.7 Å². The summed E-state index contributed by atoms with van der Waals surface area (Å²) < 4.78 is 1.84. The number of anilines is 1. The minimum absolute atomic E-state index is 0.0596. The highest BCUT2D eigenvalue weighted by atomic mass is 16.2. The van der Waals surface area contributed by atoms with Gasteiger partial charge in [0.15, 0.2) is 0 Å². The van der Waals surface area contributed by atoms with E-state index in [0.717, 1.165) is 29.8 Å². The van der Waals surface area contributed by atoms with E-state index in [9.17, 15) is 4.79 Å². The first-order valence-corrected chi connectivity index (χ1v) is 8.62. The van der Waals surface area contributed by atoms with Crippen LogP contribution in [0.3, 0.4) is 0 Å². The number of nitrogens with one attached hydrogen (secondary N) is 1. The molecule has 0 unspecified atom stereocenters. The lowest BCUT2D eigenvalue weighted by atomic mass is 9.95. The van der Waals surface area contributed by atoms with Crippen molar-refractivity contribution in [3.63, 3.8) is 0 Å². The van der Waals surface area contributed by atoms with Gasteiger partial charge in [-0.05, 0) is 30.9 Å². The zero-order valence-electron chi connectivity index (χ0n) is 14.3. The Bertz CT molecular complexity index is 877. The molecule has 0 saturated heterocycles. The summed E-state index contributed by atoms with van der Waals surface area (Å²) in [6, 6.07) is 20.3. The second kappa shape index (κ2) is 6.20. The van der Waals surface area contributed by atoms with Gasteiger partial charge in [-0.2, -0.15) is 5.10 Å². The van der Waals surface area contributed by atoms with E-state index in [2.05, 4.69) is 41.6 Å². The van der Waals surface area contributed by atoms with Crippen LogP contribution in [0.25, 0.3) is 0 Å². The molecule has 1 aliphatic rings. The number of carbonyl (C=O) groups is 1. The Morgan fingerprint density at radius 1 is 1.08 bits per heavy atom. The first kappa shape index (κ1) is 15.6. The fraction of sp³-hybridized carbons (Fsp3) is 0.238. The molecule has 4 rings (SSSR count). The standard InChI is InChI=1S/C21H21N3O/c1-16-7-9-17(10-8-16)15-24-19(11-14-22-24)23-20(25)21(12-13-21)18-5-3-2-4-6-18/h2-11,14H,12-13,15H2,1H3,(H,23,25). The molecule has 0 spiro atoms. The summed E-state index contributed by atoms with van der Waals surface area (Å²) in [6.45, 7) is 2.71. The summed E-state index contributed by atoms with van der Waals surface area (Å²) in [7, 11) is 0. The Labute approximate surface area is 147 Å². The Kier molecular flexibility index (Phi) is 3.88. The number of aromatic nitrogens is 2. The van der Waals surface area contributed by atoms with Gasteiger partial charge in [0.25, 0.3) is 0 Å². The van der Waals surface area contributed by atoms with E-state index in [0.29, 0.717) is 6.54 Å². The predicted octanol–water partition coefficient (Wildman–Crippen LogP) is 3.91. The topological polar surface area (TPSA) is 46.9 Å². The van der Waals surface area contributed by atoms with Gasteiger partial charge >= 0.3 is 0 Å². The average molecular weight is 331 g/mol. The highest BCUT2D eigenvalue weighted by Crippen LogP contribution is 2.48. The van der Waals surface area contributed by atoms with Crippen LogP contribution in [-0.4, -0.2) is 15.7 Å². The van der Waals surface area contributed by atoms with Crippen LogP contribution in [-0.2, 0) is 16.8 Å². The molecule has 0 radical (unpaired) electrons. The number of amides is 1. The largest absolute Gasteiger partial charge is 0.310 e. The minimum Gasteiger partial charge on any atom is -0.310 e. The smallest absolute Gasteiger partial charge is 0.236 e. The van der Waals surface area contributed by atoms with Crippen molar-refractivity contribution >= 4 is 11.7 Å². The first-order chi connectivity index (χ1) is 12.2. The van der Waals surface area contributed by atoms with Crippen LogP contribution in [0.4, 0.5) is 5.82 Å². The molecule has 0 atom stereocenters. The minimum atomic E-state index is -0.375. The van der Waals surface area contributed by atoms with E-state index < -0.39 is 0 Å². The normalized spacial score (nSPS) is 14.9. The molecule has 1 N–H and O–H groups in total. The summed E-state index contributed by atoms with van der Waals surface area (Å²) in [5.74, 6) is 0.803. The quantitative estimate of drug-likeness (QED) is 0.770.